The number of fused-ring (bicyclic) bond motifs is 3. The first kappa shape index (κ1) is 13.3. The van der Waals surface area contributed by atoms with E-state index in [1.807, 2.05) is 0 Å². The molecule has 4 rings (SSSR count). The highest BCUT2D eigenvalue weighted by Gasteiger charge is 2.22. The monoisotopic (exact) mass is 284 g/mol. The van der Waals surface area contributed by atoms with E-state index >= 15 is 0 Å². The zero-order chi connectivity index (χ0) is 14.9. The summed E-state index contributed by atoms with van der Waals surface area (Å²) in [6.45, 7) is 2.35. The summed E-state index contributed by atoms with van der Waals surface area (Å²) in [5.41, 5.74) is 8.80. The van der Waals surface area contributed by atoms with E-state index in [1.54, 1.807) is 0 Å². The third-order valence-corrected chi connectivity index (χ3v) is 4.80. The van der Waals surface area contributed by atoms with Crippen LogP contribution in [-0.2, 0) is 12.8 Å². The maximum Gasteiger partial charge on any atom is -0.00106 e. The van der Waals surface area contributed by atoms with Crippen molar-refractivity contribution < 1.29 is 0 Å². The van der Waals surface area contributed by atoms with Gasteiger partial charge in [0, 0.05) is 0 Å². The second-order valence-corrected chi connectivity index (χ2v) is 6.30. The molecule has 1 aliphatic carbocycles. The van der Waals surface area contributed by atoms with Crippen molar-refractivity contribution in [1.82, 2.24) is 0 Å². The smallest absolute Gasteiger partial charge is 0.00106 e. The summed E-state index contributed by atoms with van der Waals surface area (Å²) in [5, 5.41) is 0. The van der Waals surface area contributed by atoms with Gasteiger partial charge in [-0.05, 0) is 52.1 Å². The molecule has 0 N–H and O–H groups in total. The van der Waals surface area contributed by atoms with Crippen molar-refractivity contribution in [3.05, 3.63) is 95.1 Å². The van der Waals surface area contributed by atoms with Crippen molar-refractivity contribution in [3.63, 3.8) is 0 Å². The molecule has 0 aliphatic heterocycles. The van der Waals surface area contributed by atoms with Gasteiger partial charge >= 0.3 is 0 Å². The van der Waals surface area contributed by atoms with Gasteiger partial charge in [0.15, 0.2) is 0 Å². The van der Waals surface area contributed by atoms with E-state index in [9.17, 15) is 0 Å². The van der Waals surface area contributed by atoms with Gasteiger partial charge in [0.2, 0.25) is 0 Å². The zero-order valence-electron chi connectivity index (χ0n) is 12.9. The first-order valence-electron chi connectivity index (χ1n) is 8.07. The summed E-state index contributed by atoms with van der Waals surface area (Å²) in [5.74, 6) is 0.548. The van der Waals surface area contributed by atoms with E-state index in [2.05, 4.69) is 79.7 Å². The van der Waals surface area contributed by atoms with Gasteiger partial charge in [-0.1, -0.05) is 79.7 Å². The Bertz CT molecular complexity index is 799. The normalized spacial score (nSPS) is 13.5. The van der Waals surface area contributed by atoms with Crippen LogP contribution in [0.3, 0.4) is 0 Å². The van der Waals surface area contributed by atoms with Gasteiger partial charge in [-0.15, -0.1) is 0 Å². The lowest BCUT2D eigenvalue weighted by Gasteiger charge is -2.16. The maximum atomic E-state index is 2.35. The van der Waals surface area contributed by atoms with Crippen LogP contribution in [0.1, 0.15) is 35.1 Å². The maximum absolute atomic E-state index is 2.35. The minimum atomic E-state index is 0.548. The lowest BCUT2D eigenvalue weighted by Crippen LogP contribution is -2.02. The van der Waals surface area contributed by atoms with Crippen LogP contribution in [0.5, 0.6) is 0 Å². The highest BCUT2D eigenvalue weighted by atomic mass is 14.3. The Morgan fingerprint density at radius 3 is 2.36 bits per heavy atom. The van der Waals surface area contributed by atoms with Crippen LogP contribution in [0, 0.1) is 0 Å². The summed E-state index contributed by atoms with van der Waals surface area (Å²) < 4.78 is 0. The fourth-order valence-electron chi connectivity index (χ4n) is 3.72. The third kappa shape index (κ3) is 2.25. The van der Waals surface area contributed by atoms with E-state index in [-0.39, 0.29) is 0 Å². The van der Waals surface area contributed by atoms with Crippen LogP contribution >= 0.6 is 0 Å². The van der Waals surface area contributed by atoms with Crippen LogP contribution in [0.25, 0.3) is 11.1 Å². The SMILES string of the molecule is CC(Cc1ccccc1)c1cccc2c1Cc1ccccc1-2. The van der Waals surface area contributed by atoms with Crippen LogP contribution in [0.2, 0.25) is 0 Å². The number of hydrogen-bond acceptors (Lipinski definition) is 0. The Balaban J connectivity index is 1.70. The molecule has 3 aromatic carbocycles. The van der Waals surface area contributed by atoms with Crippen molar-refractivity contribution in [2.75, 3.05) is 0 Å². The molecule has 3 aromatic rings. The van der Waals surface area contributed by atoms with Gasteiger partial charge in [-0.25, -0.2) is 0 Å². The van der Waals surface area contributed by atoms with Crippen LogP contribution in [0.15, 0.2) is 72.8 Å². The molecule has 0 amide bonds. The minimum absolute atomic E-state index is 0.548. The Hall–Kier alpha value is -2.34. The summed E-state index contributed by atoms with van der Waals surface area (Å²) in [6.07, 6.45) is 2.19. The molecule has 0 heterocycles. The molecule has 0 fully saturated rings. The molecule has 1 unspecified atom stereocenters. The second-order valence-electron chi connectivity index (χ2n) is 6.30. The minimum Gasteiger partial charge on any atom is -0.0622 e. The van der Waals surface area contributed by atoms with Gasteiger partial charge in [-0.2, -0.15) is 0 Å². The predicted octanol–water partition coefficient (Wildman–Crippen LogP) is 5.60. The Labute approximate surface area is 132 Å². The first-order chi connectivity index (χ1) is 10.8. The molecule has 1 atom stereocenters. The van der Waals surface area contributed by atoms with Crippen molar-refractivity contribution in [1.29, 1.82) is 0 Å². The van der Waals surface area contributed by atoms with E-state index in [1.165, 1.54) is 33.4 Å². The molecule has 0 spiro atoms. The lowest BCUT2D eigenvalue weighted by molar-refractivity contribution is 0.751. The second kappa shape index (κ2) is 5.46. The lowest BCUT2D eigenvalue weighted by atomic mass is 9.88. The van der Waals surface area contributed by atoms with Crippen molar-refractivity contribution >= 4 is 0 Å². The number of hydrogen-bond donors (Lipinski definition) is 0. The summed E-state index contributed by atoms with van der Waals surface area (Å²) in [4.78, 5) is 0. The molecule has 1 aliphatic rings. The molecule has 0 aromatic heterocycles. The molecule has 0 heteroatoms. The van der Waals surface area contributed by atoms with Crippen LogP contribution < -0.4 is 0 Å². The quantitative estimate of drug-likeness (QED) is 0.459. The molecular weight excluding hydrogens is 264 g/mol. The van der Waals surface area contributed by atoms with Gasteiger partial charge in [0.05, 0.1) is 0 Å². The van der Waals surface area contributed by atoms with E-state index in [4.69, 9.17) is 0 Å². The third-order valence-electron chi connectivity index (χ3n) is 4.80. The fraction of sp³-hybridized carbons (Fsp3) is 0.182. The fourth-order valence-corrected chi connectivity index (χ4v) is 3.72. The topological polar surface area (TPSA) is 0 Å². The molecular formula is C22H20. The van der Waals surface area contributed by atoms with Gasteiger partial charge < -0.3 is 0 Å². The Kier molecular flexibility index (Phi) is 3.31. The van der Waals surface area contributed by atoms with Gasteiger partial charge in [-0.3, -0.25) is 0 Å². The highest BCUT2D eigenvalue weighted by molar-refractivity contribution is 5.78. The highest BCUT2D eigenvalue weighted by Crippen LogP contribution is 2.40. The van der Waals surface area contributed by atoms with E-state index < -0.39 is 0 Å². The van der Waals surface area contributed by atoms with Crippen molar-refractivity contribution in [2.45, 2.75) is 25.7 Å². The average Bonchev–Trinajstić information content (AvgIpc) is 2.94. The van der Waals surface area contributed by atoms with Gasteiger partial charge in [0.1, 0.15) is 0 Å². The summed E-state index contributed by atoms with van der Waals surface area (Å²) in [7, 11) is 0. The Morgan fingerprint density at radius 1 is 0.773 bits per heavy atom. The molecule has 0 radical (unpaired) electrons. The molecule has 0 saturated carbocycles. The summed E-state index contributed by atoms with van der Waals surface area (Å²) in [6, 6.07) is 26.4. The van der Waals surface area contributed by atoms with Crippen LogP contribution in [-0.4, -0.2) is 0 Å². The van der Waals surface area contributed by atoms with E-state index in [0.717, 1.165) is 12.8 Å². The van der Waals surface area contributed by atoms with E-state index in [0.29, 0.717) is 5.92 Å². The van der Waals surface area contributed by atoms with Crippen LogP contribution in [0.4, 0.5) is 0 Å². The molecule has 0 nitrogen and oxygen atoms in total. The zero-order valence-corrected chi connectivity index (χ0v) is 12.9. The first-order valence-corrected chi connectivity index (χ1v) is 8.07. The van der Waals surface area contributed by atoms with Crippen molar-refractivity contribution in [2.24, 2.45) is 0 Å². The molecule has 0 saturated heterocycles. The average molecular weight is 284 g/mol. The summed E-state index contributed by atoms with van der Waals surface area (Å²) >= 11 is 0. The Morgan fingerprint density at radius 2 is 1.50 bits per heavy atom. The molecule has 22 heavy (non-hydrogen) atoms. The predicted molar refractivity (Wildman–Crippen MR) is 93.2 cm³/mol. The number of rotatable bonds is 3. The molecule has 0 bridgehead atoms. The largest absolute Gasteiger partial charge is 0.0622 e. The van der Waals surface area contributed by atoms with Gasteiger partial charge in [0.25, 0.3) is 0 Å². The number of benzene rings is 3. The van der Waals surface area contributed by atoms with Crippen molar-refractivity contribution in [3.8, 4) is 11.1 Å². The molecule has 108 valence electrons. The standard InChI is InChI=1S/C22H20/c1-16(14-17-8-3-2-4-9-17)19-12-7-13-21-20-11-6-5-10-18(20)15-22(19)21/h2-13,16H,14-15H2,1H3.